The van der Waals surface area contributed by atoms with E-state index in [1.54, 1.807) is 0 Å². The molecule has 1 aromatic carbocycles. The topological polar surface area (TPSA) is 28.2 Å². The van der Waals surface area contributed by atoms with Gasteiger partial charge in [-0.1, -0.05) is 26.0 Å². The van der Waals surface area contributed by atoms with Gasteiger partial charge in [0.2, 0.25) is 0 Å². The number of benzene rings is 1. The minimum Gasteiger partial charge on any atom is -0.311 e. The molecule has 1 fully saturated rings. The van der Waals surface area contributed by atoms with Crippen molar-refractivity contribution in [2.24, 2.45) is 5.92 Å². The largest absolute Gasteiger partial charge is 0.416 e. The Labute approximate surface area is 176 Å². The second kappa shape index (κ2) is 9.61. The monoisotopic (exact) mass is 437 g/mol. The summed E-state index contributed by atoms with van der Waals surface area (Å²) in [4.78, 5) is 7.07. The fourth-order valence-corrected chi connectivity index (χ4v) is 3.81. The molecule has 28 heavy (non-hydrogen) atoms. The van der Waals surface area contributed by atoms with Gasteiger partial charge in [0.25, 0.3) is 0 Å². The van der Waals surface area contributed by atoms with E-state index in [9.17, 15) is 13.2 Å². The quantitative estimate of drug-likeness (QED) is 0.688. The number of piperazine rings is 1. The van der Waals surface area contributed by atoms with E-state index in [1.165, 1.54) is 6.07 Å². The lowest BCUT2D eigenvalue weighted by Crippen LogP contribution is -2.56. The van der Waals surface area contributed by atoms with Gasteiger partial charge in [-0.3, -0.25) is 9.88 Å². The van der Waals surface area contributed by atoms with E-state index in [0.717, 1.165) is 36.3 Å². The summed E-state index contributed by atoms with van der Waals surface area (Å²) in [7, 11) is 0. The molecule has 0 radical (unpaired) electrons. The van der Waals surface area contributed by atoms with Crippen LogP contribution in [0.4, 0.5) is 13.2 Å². The van der Waals surface area contributed by atoms with Crippen LogP contribution in [0.15, 0.2) is 30.3 Å². The van der Waals surface area contributed by atoms with Crippen molar-refractivity contribution in [3.05, 3.63) is 41.6 Å². The van der Waals surface area contributed by atoms with Gasteiger partial charge in [0.05, 0.1) is 22.8 Å². The summed E-state index contributed by atoms with van der Waals surface area (Å²) in [5, 5.41) is 4.20. The molecule has 1 aromatic heterocycles. The highest BCUT2D eigenvalue weighted by atomic mass is 35.5. The number of nitrogens with zero attached hydrogens (tertiary/aromatic N) is 2. The molecule has 3 atom stereocenters. The molecule has 0 bridgehead atoms. The van der Waals surface area contributed by atoms with Gasteiger partial charge in [0.1, 0.15) is 0 Å². The van der Waals surface area contributed by atoms with Crippen molar-refractivity contribution in [2.45, 2.75) is 52.0 Å². The molecule has 0 spiro atoms. The van der Waals surface area contributed by atoms with Gasteiger partial charge in [-0.25, -0.2) is 0 Å². The number of nitrogens with one attached hydrogen (secondary N) is 1. The molecule has 1 unspecified atom stereocenters. The van der Waals surface area contributed by atoms with Crippen molar-refractivity contribution in [1.29, 1.82) is 0 Å². The third-order valence-electron chi connectivity index (χ3n) is 5.15. The van der Waals surface area contributed by atoms with E-state index < -0.39 is 11.7 Å². The van der Waals surface area contributed by atoms with Crippen molar-refractivity contribution >= 4 is 35.7 Å². The molecule has 8 heteroatoms. The van der Waals surface area contributed by atoms with Crippen LogP contribution in [0.2, 0.25) is 0 Å². The van der Waals surface area contributed by atoms with Gasteiger partial charge in [-0.2, -0.15) is 13.2 Å². The average Bonchev–Trinajstić information content (AvgIpc) is 2.56. The molecule has 2 aromatic rings. The Hall–Kier alpha value is -1.08. The fourth-order valence-electron chi connectivity index (χ4n) is 3.81. The zero-order valence-corrected chi connectivity index (χ0v) is 18.1. The highest BCUT2D eigenvalue weighted by Gasteiger charge is 2.33. The average molecular weight is 438 g/mol. The molecule has 0 aliphatic carbocycles. The van der Waals surface area contributed by atoms with Gasteiger partial charge in [0.15, 0.2) is 0 Å². The van der Waals surface area contributed by atoms with Gasteiger partial charge in [-0.15, -0.1) is 24.8 Å². The van der Waals surface area contributed by atoms with Crippen LogP contribution in [-0.4, -0.2) is 35.1 Å². The lowest BCUT2D eigenvalue weighted by molar-refractivity contribution is -0.137. The van der Waals surface area contributed by atoms with Crippen LogP contribution in [-0.2, 0) is 6.18 Å². The number of pyridine rings is 1. The van der Waals surface area contributed by atoms with E-state index in [0.29, 0.717) is 23.5 Å². The minimum atomic E-state index is -4.36. The Bertz CT molecular complexity index is 783. The number of alkyl halides is 3. The number of halogens is 5. The summed E-state index contributed by atoms with van der Waals surface area (Å²) in [6, 6.07) is 8.40. The summed E-state index contributed by atoms with van der Waals surface area (Å²) in [6.07, 6.45) is -4.36. The van der Waals surface area contributed by atoms with Crippen molar-refractivity contribution < 1.29 is 13.2 Å². The first kappa shape index (κ1) is 25.0. The summed E-state index contributed by atoms with van der Waals surface area (Å²) in [6.45, 7) is 10.4. The van der Waals surface area contributed by atoms with Crippen LogP contribution in [0, 0.1) is 5.92 Å². The first-order valence-electron chi connectivity index (χ1n) is 9.14. The molecular weight excluding hydrogens is 410 g/mol. The third kappa shape index (κ3) is 5.29. The van der Waals surface area contributed by atoms with Crippen LogP contribution in [0.3, 0.4) is 0 Å². The van der Waals surface area contributed by atoms with Gasteiger partial charge < -0.3 is 5.32 Å². The van der Waals surface area contributed by atoms with Gasteiger partial charge in [-0.05, 0) is 38.0 Å². The third-order valence-corrected chi connectivity index (χ3v) is 5.15. The summed E-state index contributed by atoms with van der Waals surface area (Å²) < 4.78 is 39.1. The molecule has 1 aliphatic rings. The molecule has 0 saturated carbocycles. The first-order chi connectivity index (χ1) is 12.2. The molecule has 1 saturated heterocycles. The SMILES string of the molecule is CC(C)C(c1ccc2ccc(C(F)(F)F)cc2n1)N1C[C@H](C)NC[C@H]1C.Cl.Cl. The van der Waals surface area contributed by atoms with E-state index in [1.807, 2.05) is 12.1 Å². The predicted octanol–water partition coefficient (Wildman–Crippen LogP) is 5.48. The van der Waals surface area contributed by atoms with Crippen LogP contribution in [0.5, 0.6) is 0 Å². The normalized spacial score (nSPS) is 21.9. The molecule has 1 N–H and O–H groups in total. The Morgan fingerprint density at radius 3 is 2.36 bits per heavy atom. The number of rotatable bonds is 3. The standard InChI is InChI=1S/C20H26F3N3.2ClH/c1-12(2)19(26-11-13(3)24-10-14(26)4)17-8-6-15-5-7-16(20(21,22)23)9-18(15)25-17;;/h5-9,12-14,19,24H,10-11H2,1-4H3;2*1H/t13-,14+,19?;;/m0../s1. The van der Waals surface area contributed by atoms with E-state index in [2.05, 4.69) is 42.9 Å². The Kier molecular flexibility index (Phi) is 8.57. The van der Waals surface area contributed by atoms with Crippen LogP contribution in [0.1, 0.15) is 45.0 Å². The van der Waals surface area contributed by atoms with Crippen LogP contribution in [0.25, 0.3) is 10.9 Å². The maximum atomic E-state index is 13.0. The molecule has 158 valence electrons. The summed E-state index contributed by atoms with van der Waals surface area (Å²) in [5.41, 5.74) is 0.589. The number of hydrogen-bond donors (Lipinski definition) is 1. The fraction of sp³-hybridized carbons (Fsp3) is 0.550. The molecule has 3 rings (SSSR count). The molecule has 1 aliphatic heterocycles. The Balaban J connectivity index is 0.00000196. The van der Waals surface area contributed by atoms with Crippen molar-refractivity contribution in [3.63, 3.8) is 0 Å². The number of hydrogen-bond acceptors (Lipinski definition) is 3. The Morgan fingerprint density at radius 2 is 1.75 bits per heavy atom. The van der Waals surface area contributed by atoms with Crippen LogP contribution >= 0.6 is 24.8 Å². The second-order valence-electron chi connectivity index (χ2n) is 7.69. The second-order valence-corrected chi connectivity index (χ2v) is 7.69. The molecule has 2 heterocycles. The lowest BCUT2D eigenvalue weighted by Gasteiger charge is -2.44. The summed E-state index contributed by atoms with van der Waals surface area (Å²) >= 11 is 0. The van der Waals surface area contributed by atoms with Crippen molar-refractivity contribution in [3.8, 4) is 0 Å². The zero-order chi connectivity index (χ0) is 19.1. The smallest absolute Gasteiger partial charge is 0.311 e. The van der Waals surface area contributed by atoms with Crippen molar-refractivity contribution in [1.82, 2.24) is 15.2 Å². The highest BCUT2D eigenvalue weighted by molar-refractivity contribution is 5.85. The van der Waals surface area contributed by atoms with Crippen molar-refractivity contribution in [2.75, 3.05) is 13.1 Å². The zero-order valence-electron chi connectivity index (χ0n) is 16.5. The number of aromatic nitrogens is 1. The highest BCUT2D eigenvalue weighted by Crippen LogP contribution is 2.34. The lowest BCUT2D eigenvalue weighted by atomic mass is 9.94. The van der Waals surface area contributed by atoms with Crippen LogP contribution < -0.4 is 5.32 Å². The predicted molar refractivity (Wildman–Crippen MR) is 112 cm³/mol. The molecular formula is C20H28Cl2F3N3. The maximum absolute atomic E-state index is 13.0. The molecule has 0 amide bonds. The van der Waals surface area contributed by atoms with Gasteiger partial charge in [0, 0.05) is 30.6 Å². The van der Waals surface area contributed by atoms with E-state index in [4.69, 9.17) is 0 Å². The Morgan fingerprint density at radius 1 is 1.11 bits per heavy atom. The maximum Gasteiger partial charge on any atom is 0.416 e. The molecule has 3 nitrogen and oxygen atoms in total. The van der Waals surface area contributed by atoms with E-state index in [-0.39, 0.29) is 30.9 Å². The van der Waals surface area contributed by atoms with Gasteiger partial charge >= 0.3 is 6.18 Å². The number of fused-ring (bicyclic) bond motifs is 1. The minimum absolute atomic E-state index is 0. The van der Waals surface area contributed by atoms with E-state index >= 15 is 0 Å². The first-order valence-corrected chi connectivity index (χ1v) is 9.14. The summed E-state index contributed by atoms with van der Waals surface area (Å²) in [5.74, 6) is 0.304.